The first-order chi connectivity index (χ1) is 10.2. The van der Waals surface area contributed by atoms with Crippen LogP contribution in [0.25, 0.3) is 0 Å². The first-order valence-corrected chi connectivity index (χ1v) is 6.77. The minimum absolute atomic E-state index is 0.235. The number of rotatable bonds is 5. The summed E-state index contributed by atoms with van der Waals surface area (Å²) in [6.07, 6.45) is 1.75. The van der Waals surface area contributed by atoms with Gasteiger partial charge < -0.3 is 14.4 Å². The molecule has 2 aromatic rings. The molecule has 0 spiro atoms. The molecule has 0 saturated carbocycles. The lowest BCUT2D eigenvalue weighted by Crippen LogP contribution is -2.36. The fourth-order valence-electron chi connectivity index (χ4n) is 2.32. The molecule has 0 atom stereocenters. The first-order valence-electron chi connectivity index (χ1n) is 6.77. The van der Waals surface area contributed by atoms with Crippen LogP contribution in [0, 0.1) is 0 Å². The van der Waals surface area contributed by atoms with Gasteiger partial charge in [-0.05, 0) is 18.2 Å². The van der Waals surface area contributed by atoms with E-state index in [-0.39, 0.29) is 5.56 Å². The van der Waals surface area contributed by atoms with Gasteiger partial charge in [-0.1, -0.05) is 6.07 Å². The summed E-state index contributed by atoms with van der Waals surface area (Å²) < 4.78 is 7.67. The molecule has 0 bridgehead atoms. The van der Waals surface area contributed by atoms with Crippen LogP contribution < -0.4 is 4.74 Å². The topological polar surface area (TPSA) is 80.5 Å². The van der Waals surface area contributed by atoms with E-state index in [1.54, 1.807) is 24.5 Å². The fraction of sp³-hybridized carbons (Fsp3) is 0.357. The second kappa shape index (κ2) is 5.92. The molecule has 21 heavy (non-hydrogen) atoms. The fourth-order valence-corrected chi connectivity index (χ4v) is 2.32. The van der Waals surface area contributed by atoms with Crippen LogP contribution in [0.1, 0.15) is 16.2 Å². The highest BCUT2D eigenvalue weighted by Gasteiger charge is 2.16. The van der Waals surface area contributed by atoms with Crippen LogP contribution >= 0.6 is 0 Å². The summed E-state index contributed by atoms with van der Waals surface area (Å²) >= 11 is 0. The summed E-state index contributed by atoms with van der Waals surface area (Å²) in [6, 6.07) is 6.53. The highest BCUT2D eigenvalue weighted by atomic mass is 16.5. The normalized spacial score (nSPS) is 14.7. The van der Waals surface area contributed by atoms with Gasteiger partial charge >= 0.3 is 5.97 Å². The van der Waals surface area contributed by atoms with Crippen molar-refractivity contribution in [2.24, 2.45) is 0 Å². The zero-order valence-corrected chi connectivity index (χ0v) is 11.5. The quantitative estimate of drug-likeness (QED) is 0.879. The molecule has 1 N–H and O–H groups in total. The summed E-state index contributed by atoms with van der Waals surface area (Å²) in [5.41, 5.74) is 0.235. The lowest BCUT2D eigenvalue weighted by atomic mass is 10.2. The highest BCUT2D eigenvalue weighted by Crippen LogP contribution is 2.14. The van der Waals surface area contributed by atoms with Gasteiger partial charge in [0.25, 0.3) is 0 Å². The van der Waals surface area contributed by atoms with Gasteiger partial charge in [0.1, 0.15) is 24.5 Å². The number of benzene rings is 1. The zero-order valence-electron chi connectivity index (χ0n) is 11.5. The molecular weight excluding hydrogens is 272 g/mol. The number of aromatic carboxylic acids is 1. The van der Waals surface area contributed by atoms with E-state index in [1.165, 1.54) is 6.07 Å². The minimum atomic E-state index is -0.948. The van der Waals surface area contributed by atoms with Crippen molar-refractivity contribution in [3.63, 3.8) is 0 Å². The van der Waals surface area contributed by atoms with Crippen LogP contribution in [-0.2, 0) is 13.1 Å². The Kier molecular flexibility index (Phi) is 3.83. The average molecular weight is 288 g/mol. The van der Waals surface area contributed by atoms with Gasteiger partial charge in [-0.3, -0.25) is 4.90 Å². The first kappa shape index (κ1) is 13.6. The van der Waals surface area contributed by atoms with E-state index in [9.17, 15) is 4.79 Å². The van der Waals surface area contributed by atoms with Gasteiger partial charge in [-0.2, -0.15) is 0 Å². The van der Waals surface area contributed by atoms with Gasteiger partial charge in [-0.25, -0.2) is 4.79 Å². The molecule has 110 valence electrons. The lowest BCUT2D eigenvalue weighted by molar-refractivity contribution is 0.0696. The maximum Gasteiger partial charge on any atom is 0.335 e. The maximum atomic E-state index is 10.9. The summed E-state index contributed by atoms with van der Waals surface area (Å²) in [4.78, 5) is 13.1. The van der Waals surface area contributed by atoms with Gasteiger partial charge in [0, 0.05) is 19.6 Å². The van der Waals surface area contributed by atoms with Crippen molar-refractivity contribution in [2.75, 3.05) is 19.7 Å². The van der Waals surface area contributed by atoms with Crippen LogP contribution in [-0.4, -0.2) is 50.4 Å². The maximum absolute atomic E-state index is 10.9. The number of carboxylic acids is 1. The van der Waals surface area contributed by atoms with Gasteiger partial charge in [0.2, 0.25) is 0 Å². The van der Waals surface area contributed by atoms with Crippen molar-refractivity contribution in [2.45, 2.75) is 13.1 Å². The zero-order chi connectivity index (χ0) is 14.7. The van der Waals surface area contributed by atoms with Crippen molar-refractivity contribution in [3.8, 4) is 5.75 Å². The number of hydrogen-bond donors (Lipinski definition) is 1. The smallest absolute Gasteiger partial charge is 0.335 e. The molecule has 1 aliphatic heterocycles. The molecule has 1 aromatic carbocycles. The van der Waals surface area contributed by atoms with Gasteiger partial charge in [0.15, 0.2) is 0 Å². The molecule has 0 radical (unpaired) electrons. The van der Waals surface area contributed by atoms with Crippen LogP contribution in [0.15, 0.2) is 30.6 Å². The standard InChI is InChI=1S/C14H16N4O3/c19-14(20)11-2-1-3-12(8-11)21-7-6-17-4-5-18-10-15-16-13(18)9-17/h1-3,8,10H,4-7,9H2,(H,19,20). The Labute approximate surface area is 121 Å². The van der Waals surface area contributed by atoms with E-state index >= 15 is 0 Å². The van der Waals surface area contributed by atoms with Crippen LogP contribution in [0.5, 0.6) is 5.75 Å². The third-order valence-corrected chi connectivity index (χ3v) is 3.48. The summed E-state index contributed by atoms with van der Waals surface area (Å²) in [7, 11) is 0. The average Bonchev–Trinajstić information content (AvgIpc) is 2.95. The van der Waals surface area contributed by atoms with Crippen LogP contribution in [0.2, 0.25) is 0 Å². The molecule has 1 aliphatic rings. The van der Waals surface area contributed by atoms with Crippen LogP contribution in [0.3, 0.4) is 0 Å². The predicted molar refractivity (Wildman–Crippen MR) is 74.2 cm³/mol. The number of fused-ring (bicyclic) bond motifs is 1. The van der Waals surface area contributed by atoms with E-state index in [1.807, 2.05) is 4.57 Å². The van der Waals surface area contributed by atoms with E-state index in [0.29, 0.717) is 12.4 Å². The van der Waals surface area contributed by atoms with E-state index < -0.39 is 5.97 Å². The molecule has 0 amide bonds. The Balaban J connectivity index is 1.51. The van der Waals surface area contributed by atoms with Crippen molar-refractivity contribution in [1.82, 2.24) is 19.7 Å². The molecular formula is C14H16N4O3. The Bertz CT molecular complexity index is 641. The summed E-state index contributed by atoms with van der Waals surface area (Å²) in [6.45, 7) is 3.86. The number of hydrogen-bond acceptors (Lipinski definition) is 5. The second-order valence-electron chi connectivity index (χ2n) is 4.90. The van der Waals surface area contributed by atoms with Gasteiger partial charge in [-0.15, -0.1) is 10.2 Å². The van der Waals surface area contributed by atoms with Crippen molar-refractivity contribution in [3.05, 3.63) is 42.0 Å². The molecule has 3 rings (SSSR count). The molecule has 0 unspecified atom stereocenters. The Morgan fingerprint density at radius 3 is 3.14 bits per heavy atom. The van der Waals surface area contributed by atoms with E-state index in [0.717, 1.165) is 32.0 Å². The van der Waals surface area contributed by atoms with Crippen LogP contribution in [0.4, 0.5) is 0 Å². The number of carboxylic acid groups (broad SMARTS) is 1. The highest BCUT2D eigenvalue weighted by molar-refractivity contribution is 5.87. The predicted octanol–water partition coefficient (Wildman–Crippen LogP) is 0.871. The minimum Gasteiger partial charge on any atom is -0.492 e. The Morgan fingerprint density at radius 1 is 1.38 bits per heavy atom. The Morgan fingerprint density at radius 2 is 2.29 bits per heavy atom. The van der Waals surface area contributed by atoms with E-state index in [4.69, 9.17) is 9.84 Å². The third kappa shape index (κ3) is 3.19. The Hall–Kier alpha value is -2.41. The van der Waals surface area contributed by atoms with Crippen molar-refractivity contribution >= 4 is 5.97 Å². The molecule has 0 fully saturated rings. The monoisotopic (exact) mass is 288 g/mol. The lowest BCUT2D eigenvalue weighted by Gasteiger charge is -2.26. The summed E-state index contributed by atoms with van der Waals surface area (Å²) in [5, 5.41) is 16.9. The molecule has 7 heteroatoms. The van der Waals surface area contributed by atoms with Crippen molar-refractivity contribution in [1.29, 1.82) is 0 Å². The van der Waals surface area contributed by atoms with E-state index in [2.05, 4.69) is 15.1 Å². The van der Waals surface area contributed by atoms with Crippen molar-refractivity contribution < 1.29 is 14.6 Å². The molecule has 7 nitrogen and oxygen atoms in total. The SMILES string of the molecule is O=C(O)c1cccc(OCCN2CCn3cnnc3C2)c1. The molecule has 1 aromatic heterocycles. The number of carbonyl (C=O) groups is 1. The third-order valence-electron chi connectivity index (χ3n) is 3.48. The number of aromatic nitrogens is 3. The largest absolute Gasteiger partial charge is 0.492 e. The molecule has 0 saturated heterocycles. The molecule has 2 heterocycles. The number of nitrogens with zero attached hydrogens (tertiary/aromatic N) is 4. The van der Waals surface area contributed by atoms with Gasteiger partial charge in [0.05, 0.1) is 12.1 Å². The summed E-state index contributed by atoms with van der Waals surface area (Å²) in [5.74, 6) is 0.597. The molecule has 0 aliphatic carbocycles. The number of ether oxygens (including phenoxy) is 1. The second-order valence-corrected chi connectivity index (χ2v) is 4.90.